The van der Waals surface area contributed by atoms with E-state index in [4.69, 9.17) is 0 Å². The summed E-state index contributed by atoms with van der Waals surface area (Å²) in [7, 11) is 0. The van der Waals surface area contributed by atoms with Crippen LogP contribution in [0.1, 0.15) is 53.5 Å². The van der Waals surface area contributed by atoms with Crippen molar-refractivity contribution < 1.29 is 4.92 Å². The highest BCUT2D eigenvalue weighted by Crippen LogP contribution is 2.38. The van der Waals surface area contributed by atoms with Crippen LogP contribution >= 0.6 is 0 Å². The fourth-order valence-corrected chi connectivity index (χ4v) is 5.29. The molecule has 1 fully saturated rings. The van der Waals surface area contributed by atoms with E-state index in [1.807, 2.05) is 12.1 Å². The first-order valence-corrected chi connectivity index (χ1v) is 12.2. The summed E-state index contributed by atoms with van der Waals surface area (Å²) in [4.78, 5) is 13.5. The lowest BCUT2D eigenvalue weighted by atomic mass is 9.86. The number of rotatable bonds is 6. The maximum atomic E-state index is 11.2. The lowest BCUT2D eigenvalue weighted by molar-refractivity contribution is -0.385. The Bertz CT molecular complexity index is 1200. The number of aryl methyl sites for hydroxylation is 1. The van der Waals surface area contributed by atoms with Gasteiger partial charge in [-0.05, 0) is 66.5 Å². The maximum absolute atomic E-state index is 11.2. The van der Waals surface area contributed by atoms with Gasteiger partial charge in [0.15, 0.2) is 0 Å². The molecule has 1 heterocycles. The molecule has 172 valence electrons. The molecule has 0 aromatic heterocycles. The molecular formula is C30H30N2O2. The van der Waals surface area contributed by atoms with Gasteiger partial charge in [-0.25, -0.2) is 0 Å². The van der Waals surface area contributed by atoms with Crippen LogP contribution in [-0.2, 0) is 6.42 Å². The molecule has 0 spiro atoms. The lowest BCUT2D eigenvalue weighted by Crippen LogP contribution is -2.32. The second kappa shape index (κ2) is 10.2. The van der Waals surface area contributed by atoms with Crippen molar-refractivity contribution >= 4 is 23.4 Å². The molecule has 0 unspecified atom stereocenters. The van der Waals surface area contributed by atoms with Gasteiger partial charge in [0.05, 0.1) is 4.92 Å². The largest absolute Gasteiger partial charge is 0.303 e. The van der Waals surface area contributed by atoms with Crippen LogP contribution < -0.4 is 0 Å². The molecule has 0 bridgehead atoms. The molecular weight excluding hydrogens is 420 g/mol. The summed E-state index contributed by atoms with van der Waals surface area (Å²) in [6, 6.07) is 24.6. The second-order valence-electron chi connectivity index (χ2n) is 9.17. The lowest BCUT2D eigenvalue weighted by Gasteiger charge is -2.30. The summed E-state index contributed by atoms with van der Waals surface area (Å²) in [5.41, 5.74) is 9.34. The van der Waals surface area contributed by atoms with Crippen molar-refractivity contribution in [3.05, 3.63) is 116 Å². The average molecular weight is 451 g/mol. The number of hydrogen-bond acceptors (Lipinski definition) is 3. The van der Waals surface area contributed by atoms with Crippen LogP contribution in [0, 0.1) is 10.1 Å². The highest BCUT2D eigenvalue weighted by atomic mass is 16.6. The molecule has 0 N–H and O–H groups in total. The topological polar surface area (TPSA) is 46.4 Å². The van der Waals surface area contributed by atoms with Gasteiger partial charge in [-0.2, -0.15) is 0 Å². The number of nitrogens with zero attached hydrogens (tertiary/aromatic N) is 2. The molecule has 0 amide bonds. The van der Waals surface area contributed by atoms with Gasteiger partial charge >= 0.3 is 0 Å². The molecule has 5 rings (SSSR count). The van der Waals surface area contributed by atoms with Gasteiger partial charge in [-0.1, -0.05) is 84.5 Å². The van der Waals surface area contributed by atoms with Crippen molar-refractivity contribution in [1.29, 1.82) is 0 Å². The number of hydrogen-bond donors (Lipinski definition) is 0. The molecule has 1 aliphatic heterocycles. The maximum Gasteiger partial charge on any atom is 0.272 e. The zero-order valence-electron chi connectivity index (χ0n) is 19.5. The van der Waals surface area contributed by atoms with E-state index in [-0.39, 0.29) is 10.6 Å². The van der Waals surface area contributed by atoms with Crippen LogP contribution in [0.2, 0.25) is 0 Å². The Labute approximate surface area is 201 Å². The Morgan fingerprint density at radius 3 is 2.00 bits per heavy atom. The fraction of sp³-hybridized carbons (Fsp3) is 0.267. The van der Waals surface area contributed by atoms with Crippen molar-refractivity contribution in [2.24, 2.45) is 0 Å². The number of para-hydroxylation sites is 1. The third-order valence-electron chi connectivity index (χ3n) is 7.07. The summed E-state index contributed by atoms with van der Waals surface area (Å²) in [6.07, 6.45) is 9.46. The summed E-state index contributed by atoms with van der Waals surface area (Å²) in [5.74, 6) is 0. The van der Waals surface area contributed by atoms with E-state index < -0.39 is 0 Å². The highest BCUT2D eigenvalue weighted by Gasteiger charge is 2.22. The molecule has 0 atom stereocenters. The molecule has 0 radical (unpaired) electrons. The molecule has 34 heavy (non-hydrogen) atoms. The Balaban J connectivity index is 1.25. The van der Waals surface area contributed by atoms with Crippen LogP contribution in [-0.4, -0.2) is 29.5 Å². The van der Waals surface area contributed by atoms with E-state index in [0.29, 0.717) is 0 Å². The van der Waals surface area contributed by atoms with E-state index in [0.717, 1.165) is 57.3 Å². The van der Waals surface area contributed by atoms with Crippen LogP contribution in [0.4, 0.5) is 5.69 Å². The Morgan fingerprint density at radius 2 is 1.35 bits per heavy atom. The first-order valence-electron chi connectivity index (χ1n) is 12.2. The minimum Gasteiger partial charge on any atom is -0.303 e. The number of piperidine rings is 1. The molecule has 2 aliphatic rings. The predicted octanol–water partition coefficient (Wildman–Crippen LogP) is 7.00. The Morgan fingerprint density at radius 1 is 0.765 bits per heavy atom. The number of nitro benzene ring substituents is 1. The van der Waals surface area contributed by atoms with Crippen LogP contribution in [0.5, 0.6) is 0 Å². The van der Waals surface area contributed by atoms with Crippen LogP contribution in [0.15, 0.2) is 78.4 Å². The van der Waals surface area contributed by atoms with Gasteiger partial charge in [0.2, 0.25) is 0 Å². The van der Waals surface area contributed by atoms with E-state index in [9.17, 15) is 10.1 Å². The van der Waals surface area contributed by atoms with E-state index in [1.54, 1.807) is 17.7 Å². The normalized spacial score (nSPS) is 15.5. The van der Waals surface area contributed by atoms with Crippen molar-refractivity contribution in [3.63, 3.8) is 0 Å². The number of nitro groups is 1. The van der Waals surface area contributed by atoms with E-state index in [1.165, 1.54) is 27.8 Å². The SMILES string of the molecule is O=[N+]([O-])c1ccccc1CCCCN1CCC(=C2c3ccccc3C=Cc3ccccc32)CC1. The predicted molar refractivity (Wildman–Crippen MR) is 140 cm³/mol. The molecule has 1 saturated heterocycles. The van der Waals surface area contributed by atoms with Crippen LogP contribution in [0.3, 0.4) is 0 Å². The minimum atomic E-state index is -0.270. The number of likely N-dealkylation sites (tertiary alicyclic amines) is 1. The van der Waals surface area contributed by atoms with Gasteiger partial charge in [0.1, 0.15) is 0 Å². The standard InChI is InChI=1S/C30H30N2O2/c33-32(34)29-15-6-3-11-25(29)12-7-8-20-31-21-18-26(19-22-31)30-27-13-4-1-9-23(27)16-17-24-10-2-5-14-28(24)30/h1-6,9-11,13-17H,7-8,12,18-22H2. The van der Waals surface area contributed by atoms with Crippen molar-refractivity contribution in [1.82, 2.24) is 4.90 Å². The smallest absolute Gasteiger partial charge is 0.272 e. The average Bonchev–Trinajstić information content (AvgIpc) is 3.04. The van der Waals surface area contributed by atoms with E-state index >= 15 is 0 Å². The van der Waals surface area contributed by atoms with Gasteiger partial charge in [-0.3, -0.25) is 10.1 Å². The van der Waals surface area contributed by atoms with Crippen molar-refractivity contribution in [2.75, 3.05) is 19.6 Å². The van der Waals surface area contributed by atoms with Gasteiger partial charge in [0.25, 0.3) is 5.69 Å². The molecule has 3 aromatic rings. The molecule has 4 heteroatoms. The second-order valence-corrected chi connectivity index (χ2v) is 9.17. The minimum absolute atomic E-state index is 0.246. The Hall–Kier alpha value is -3.50. The third kappa shape index (κ3) is 4.73. The first-order chi connectivity index (χ1) is 16.7. The zero-order valence-corrected chi connectivity index (χ0v) is 19.5. The fourth-order valence-electron chi connectivity index (χ4n) is 5.29. The van der Waals surface area contributed by atoms with Crippen molar-refractivity contribution in [2.45, 2.75) is 32.1 Å². The quantitative estimate of drug-likeness (QED) is 0.180. The third-order valence-corrected chi connectivity index (χ3v) is 7.07. The molecule has 4 nitrogen and oxygen atoms in total. The summed E-state index contributed by atoms with van der Waals surface area (Å²) in [5, 5.41) is 11.2. The van der Waals surface area contributed by atoms with Crippen LogP contribution in [0.25, 0.3) is 17.7 Å². The monoisotopic (exact) mass is 450 g/mol. The molecule has 1 aliphatic carbocycles. The number of fused-ring (bicyclic) bond motifs is 2. The van der Waals surface area contributed by atoms with E-state index in [2.05, 4.69) is 65.6 Å². The summed E-state index contributed by atoms with van der Waals surface area (Å²) < 4.78 is 0. The zero-order chi connectivity index (χ0) is 23.3. The highest BCUT2D eigenvalue weighted by molar-refractivity contribution is 5.94. The van der Waals surface area contributed by atoms with Gasteiger partial charge in [0, 0.05) is 24.7 Å². The number of unbranched alkanes of at least 4 members (excludes halogenated alkanes) is 1. The number of benzene rings is 3. The first kappa shape index (κ1) is 22.3. The van der Waals surface area contributed by atoms with Crippen molar-refractivity contribution in [3.8, 4) is 0 Å². The Kier molecular flexibility index (Phi) is 6.68. The summed E-state index contributed by atoms with van der Waals surface area (Å²) >= 11 is 0. The molecule has 0 saturated carbocycles. The summed E-state index contributed by atoms with van der Waals surface area (Å²) in [6.45, 7) is 3.20. The van der Waals surface area contributed by atoms with Gasteiger partial charge in [-0.15, -0.1) is 0 Å². The van der Waals surface area contributed by atoms with Gasteiger partial charge < -0.3 is 4.90 Å². The molecule has 3 aromatic carbocycles.